The maximum atomic E-state index is 6.25. The van der Waals surface area contributed by atoms with Crippen LogP contribution in [0.5, 0.6) is 0 Å². The molecule has 0 aliphatic carbocycles. The number of amidine groups is 1. The lowest BCUT2D eigenvalue weighted by Gasteiger charge is -2.17. The Hall–Kier alpha value is -2.01. The number of likely N-dealkylation sites (tertiary alicyclic amines) is 1. The fourth-order valence-corrected chi connectivity index (χ4v) is 2.52. The van der Waals surface area contributed by atoms with Crippen molar-refractivity contribution in [2.24, 2.45) is 16.5 Å². The first kappa shape index (κ1) is 15.4. The van der Waals surface area contributed by atoms with Gasteiger partial charge in [0, 0.05) is 19.0 Å². The average Bonchev–Trinajstić information content (AvgIpc) is 2.84. The summed E-state index contributed by atoms with van der Waals surface area (Å²) in [5.74, 6) is 1.22. The Bertz CT molecular complexity index is 517. The normalized spacial score (nSPS) is 21.2. The molecule has 1 aromatic rings. The van der Waals surface area contributed by atoms with E-state index in [-0.39, 0.29) is 0 Å². The van der Waals surface area contributed by atoms with Crippen molar-refractivity contribution in [3.05, 3.63) is 47.4 Å². The zero-order valence-corrected chi connectivity index (χ0v) is 12.8. The average molecular weight is 287 g/mol. The third-order valence-electron chi connectivity index (χ3n) is 3.56. The van der Waals surface area contributed by atoms with Gasteiger partial charge in [0.05, 0.1) is 11.5 Å². The standard InChI is InChI=1S/C16H25N5/c1-12(17)19-16(20-14-8-9-21(2)11-14)15(18)10-13-6-4-3-5-7-13/h3-7,14,20H,8-11,18H2,1-2H3,(H2,17,19)/b16-15+. The highest BCUT2D eigenvalue weighted by atomic mass is 15.2. The van der Waals surface area contributed by atoms with Gasteiger partial charge in [-0.25, -0.2) is 4.99 Å². The Morgan fingerprint density at radius 3 is 2.62 bits per heavy atom. The molecule has 2 rings (SSSR count). The Morgan fingerprint density at radius 1 is 1.33 bits per heavy atom. The molecular formula is C16H25N5. The van der Waals surface area contributed by atoms with Crippen molar-refractivity contribution in [2.75, 3.05) is 20.1 Å². The first-order valence-corrected chi connectivity index (χ1v) is 7.33. The molecule has 1 aliphatic rings. The fraction of sp³-hybridized carbons (Fsp3) is 0.438. The molecule has 1 saturated heterocycles. The number of allylic oxidation sites excluding steroid dienone is 1. The van der Waals surface area contributed by atoms with Gasteiger partial charge in [-0.05, 0) is 32.5 Å². The molecule has 0 aromatic heterocycles. The Morgan fingerprint density at radius 2 is 2.05 bits per heavy atom. The SMILES string of the molecule is C/C(N)=N/C(NC1CCN(C)C1)=C(\N)Cc1ccccc1. The van der Waals surface area contributed by atoms with Gasteiger partial charge in [-0.2, -0.15) is 0 Å². The summed E-state index contributed by atoms with van der Waals surface area (Å²) < 4.78 is 0. The van der Waals surface area contributed by atoms with Crippen LogP contribution in [0.4, 0.5) is 0 Å². The molecule has 0 radical (unpaired) electrons. The maximum Gasteiger partial charge on any atom is 0.147 e. The number of benzene rings is 1. The van der Waals surface area contributed by atoms with Gasteiger partial charge in [0.1, 0.15) is 5.82 Å². The monoisotopic (exact) mass is 287 g/mol. The van der Waals surface area contributed by atoms with E-state index in [0.29, 0.717) is 24.1 Å². The quantitative estimate of drug-likeness (QED) is 0.558. The molecule has 0 spiro atoms. The number of nitrogens with two attached hydrogens (primary N) is 2. The highest BCUT2D eigenvalue weighted by Gasteiger charge is 2.20. The van der Waals surface area contributed by atoms with Gasteiger partial charge in [0.15, 0.2) is 0 Å². The van der Waals surface area contributed by atoms with Crippen LogP contribution < -0.4 is 16.8 Å². The van der Waals surface area contributed by atoms with Crippen LogP contribution in [0, 0.1) is 0 Å². The summed E-state index contributed by atoms with van der Waals surface area (Å²) in [5, 5.41) is 3.44. The minimum atomic E-state index is 0.377. The smallest absolute Gasteiger partial charge is 0.147 e. The van der Waals surface area contributed by atoms with Crippen LogP contribution in [-0.2, 0) is 6.42 Å². The summed E-state index contributed by atoms with van der Waals surface area (Å²) in [6, 6.07) is 10.5. The number of rotatable bonds is 5. The van der Waals surface area contributed by atoms with Crippen molar-refractivity contribution in [3.8, 4) is 0 Å². The van der Waals surface area contributed by atoms with Crippen molar-refractivity contribution in [1.82, 2.24) is 10.2 Å². The molecule has 114 valence electrons. The molecule has 0 bridgehead atoms. The van der Waals surface area contributed by atoms with Crippen LogP contribution in [0.3, 0.4) is 0 Å². The Labute approximate surface area is 126 Å². The zero-order valence-electron chi connectivity index (χ0n) is 12.8. The molecule has 5 nitrogen and oxygen atoms in total. The van der Waals surface area contributed by atoms with Crippen molar-refractivity contribution >= 4 is 5.84 Å². The van der Waals surface area contributed by atoms with E-state index in [1.54, 1.807) is 6.92 Å². The number of nitrogens with one attached hydrogen (secondary N) is 1. The summed E-state index contributed by atoms with van der Waals surface area (Å²) in [5.41, 5.74) is 13.9. The minimum Gasteiger partial charge on any atom is -0.399 e. The Kier molecular flexibility index (Phi) is 5.22. The van der Waals surface area contributed by atoms with Gasteiger partial charge in [0.2, 0.25) is 0 Å². The van der Waals surface area contributed by atoms with Crippen molar-refractivity contribution < 1.29 is 0 Å². The lowest BCUT2D eigenvalue weighted by Crippen LogP contribution is -2.33. The van der Waals surface area contributed by atoms with Crippen molar-refractivity contribution in [3.63, 3.8) is 0 Å². The molecule has 1 atom stereocenters. The predicted molar refractivity (Wildman–Crippen MR) is 87.7 cm³/mol. The summed E-state index contributed by atoms with van der Waals surface area (Å²) >= 11 is 0. The molecular weight excluding hydrogens is 262 g/mol. The fourth-order valence-electron chi connectivity index (χ4n) is 2.52. The van der Waals surface area contributed by atoms with Crippen LogP contribution in [0.1, 0.15) is 18.9 Å². The summed E-state index contributed by atoms with van der Waals surface area (Å²) in [6.45, 7) is 3.87. The van der Waals surface area contributed by atoms with Crippen LogP contribution in [0.15, 0.2) is 46.8 Å². The van der Waals surface area contributed by atoms with E-state index in [2.05, 4.69) is 34.4 Å². The molecule has 21 heavy (non-hydrogen) atoms. The number of hydrogen-bond acceptors (Lipinski definition) is 4. The topological polar surface area (TPSA) is 79.7 Å². The third kappa shape index (κ3) is 4.79. The molecule has 5 N–H and O–H groups in total. The molecule has 1 aromatic carbocycles. The van der Waals surface area contributed by atoms with Gasteiger partial charge in [-0.15, -0.1) is 0 Å². The van der Waals surface area contributed by atoms with E-state index < -0.39 is 0 Å². The highest BCUT2D eigenvalue weighted by Crippen LogP contribution is 2.12. The summed E-state index contributed by atoms with van der Waals surface area (Å²) in [7, 11) is 2.12. The second kappa shape index (κ2) is 7.13. The number of aliphatic imine (C=N–C) groups is 1. The summed E-state index contributed by atoms with van der Waals surface area (Å²) in [4.78, 5) is 6.67. The van der Waals surface area contributed by atoms with Crippen LogP contribution in [0.25, 0.3) is 0 Å². The minimum absolute atomic E-state index is 0.377. The van der Waals surface area contributed by atoms with Crippen molar-refractivity contribution in [1.29, 1.82) is 0 Å². The first-order chi connectivity index (χ1) is 10.0. The van der Waals surface area contributed by atoms with Gasteiger partial charge < -0.3 is 21.7 Å². The largest absolute Gasteiger partial charge is 0.399 e. The van der Waals surface area contributed by atoms with E-state index in [4.69, 9.17) is 11.5 Å². The number of likely N-dealkylation sites (N-methyl/N-ethyl adjacent to an activating group) is 1. The van der Waals surface area contributed by atoms with Crippen molar-refractivity contribution in [2.45, 2.75) is 25.8 Å². The van der Waals surface area contributed by atoms with E-state index >= 15 is 0 Å². The molecule has 1 fully saturated rings. The predicted octanol–water partition coefficient (Wildman–Crippen LogP) is 1.03. The molecule has 5 heteroatoms. The maximum absolute atomic E-state index is 6.25. The van der Waals surface area contributed by atoms with E-state index in [0.717, 1.165) is 25.2 Å². The molecule has 1 heterocycles. The van der Waals surface area contributed by atoms with Gasteiger partial charge in [0.25, 0.3) is 0 Å². The lowest BCUT2D eigenvalue weighted by molar-refractivity contribution is 0.403. The zero-order chi connectivity index (χ0) is 15.2. The summed E-state index contributed by atoms with van der Waals surface area (Å²) in [6.07, 6.45) is 1.76. The molecule has 0 amide bonds. The first-order valence-electron chi connectivity index (χ1n) is 7.33. The van der Waals surface area contributed by atoms with Gasteiger partial charge >= 0.3 is 0 Å². The lowest BCUT2D eigenvalue weighted by atomic mass is 10.1. The number of nitrogens with zero attached hydrogens (tertiary/aromatic N) is 2. The van der Waals surface area contributed by atoms with E-state index in [1.807, 2.05) is 18.2 Å². The molecule has 1 aliphatic heterocycles. The van der Waals surface area contributed by atoms with E-state index in [1.165, 1.54) is 5.56 Å². The van der Waals surface area contributed by atoms with Gasteiger partial charge in [-0.1, -0.05) is 30.3 Å². The van der Waals surface area contributed by atoms with E-state index in [9.17, 15) is 0 Å². The van der Waals surface area contributed by atoms with Gasteiger partial charge in [-0.3, -0.25) is 0 Å². The second-order valence-corrected chi connectivity index (χ2v) is 5.68. The molecule has 1 unspecified atom stereocenters. The van der Waals surface area contributed by atoms with Crippen LogP contribution in [-0.4, -0.2) is 36.9 Å². The second-order valence-electron chi connectivity index (χ2n) is 5.68. The highest BCUT2D eigenvalue weighted by molar-refractivity contribution is 5.78. The number of hydrogen-bond donors (Lipinski definition) is 3. The van der Waals surface area contributed by atoms with Crippen LogP contribution >= 0.6 is 0 Å². The molecule has 0 saturated carbocycles. The third-order valence-corrected chi connectivity index (χ3v) is 3.56. The van der Waals surface area contributed by atoms with Crippen LogP contribution in [0.2, 0.25) is 0 Å². The Balaban J connectivity index is 2.13.